The molecular weight excluding hydrogens is 717 g/mol. The third-order valence-corrected chi connectivity index (χ3v) is 12.9. The molecule has 59 heavy (non-hydrogen) atoms. The summed E-state index contributed by atoms with van der Waals surface area (Å²) in [6, 6.07) is 75.3. The van der Waals surface area contributed by atoms with E-state index in [0.29, 0.717) is 0 Å². The average Bonchev–Trinajstić information content (AvgIpc) is 3.83. The monoisotopic (exact) mass is 750 g/mol. The van der Waals surface area contributed by atoms with Crippen molar-refractivity contribution in [2.24, 2.45) is 0 Å². The number of para-hydroxylation sites is 1. The highest BCUT2D eigenvalue weighted by Gasteiger charge is 2.48. The number of benzene rings is 10. The van der Waals surface area contributed by atoms with Gasteiger partial charge in [-0.05, 0) is 126 Å². The van der Waals surface area contributed by atoms with Crippen LogP contribution in [0.3, 0.4) is 0 Å². The van der Waals surface area contributed by atoms with Crippen molar-refractivity contribution in [3.05, 3.63) is 229 Å². The fourth-order valence-corrected chi connectivity index (χ4v) is 10.4. The summed E-state index contributed by atoms with van der Waals surface area (Å²) >= 11 is 0. The Bertz CT molecular complexity index is 3480. The molecule has 1 aliphatic heterocycles. The molecule has 11 aromatic rings. The molecule has 13 rings (SSSR count). The van der Waals surface area contributed by atoms with Gasteiger partial charge in [0.2, 0.25) is 0 Å². The smallest absolute Gasteiger partial charge is 0.136 e. The number of hydrogen-bond acceptors (Lipinski definition) is 2. The van der Waals surface area contributed by atoms with Gasteiger partial charge in [-0.25, -0.2) is 0 Å². The van der Waals surface area contributed by atoms with Gasteiger partial charge in [0.05, 0.1) is 5.41 Å². The van der Waals surface area contributed by atoms with Crippen molar-refractivity contribution in [2.45, 2.75) is 5.41 Å². The lowest BCUT2D eigenvalue weighted by Gasteiger charge is -2.35. The van der Waals surface area contributed by atoms with Gasteiger partial charge >= 0.3 is 0 Å². The minimum absolute atomic E-state index is 0.621. The van der Waals surface area contributed by atoms with E-state index in [1.807, 2.05) is 6.07 Å². The minimum Gasteiger partial charge on any atom is -0.456 e. The van der Waals surface area contributed by atoms with Gasteiger partial charge in [-0.1, -0.05) is 158 Å². The first-order valence-corrected chi connectivity index (χ1v) is 20.3. The molecule has 0 radical (unpaired) electrons. The van der Waals surface area contributed by atoms with E-state index in [9.17, 15) is 0 Å². The zero-order valence-corrected chi connectivity index (χ0v) is 31.9. The molecular formula is C57H34O2. The highest BCUT2D eigenvalue weighted by atomic mass is 16.5. The van der Waals surface area contributed by atoms with Crippen molar-refractivity contribution >= 4 is 43.5 Å². The molecule has 0 spiro atoms. The Morgan fingerprint density at radius 2 is 1.03 bits per heavy atom. The first-order chi connectivity index (χ1) is 29.2. The fraction of sp³-hybridized carbons (Fsp3) is 0.0175. The molecule has 0 bridgehead atoms. The number of hydrogen-bond donors (Lipinski definition) is 0. The Morgan fingerprint density at radius 3 is 1.86 bits per heavy atom. The van der Waals surface area contributed by atoms with Gasteiger partial charge in [-0.15, -0.1) is 0 Å². The third kappa shape index (κ3) is 4.51. The molecule has 2 heteroatoms. The molecule has 0 amide bonds. The fourth-order valence-electron chi connectivity index (χ4n) is 10.4. The average molecular weight is 751 g/mol. The first kappa shape index (κ1) is 32.4. The number of rotatable bonds is 4. The van der Waals surface area contributed by atoms with E-state index in [1.165, 1.54) is 60.7 Å². The van der Waals surface area contributed by atoms with Gasteiger partial charge in [-0.2, -0.15) is 0 Å². The van der Waals surface area contributed by atoms with Crippen LogP contribution in [0.25, 0.3) is 88.0 Å². The predicted octanol–water partition coefficient (Wildman–Crippen LogP) is 15.4. The molecule has 1 aromatic heterocycles. The Morgan fingerprint density at radius 1 is 0.356 bits per heavy atom. The van der Waals surface area contributed by atoms with Crippen LogP contribution in [0, 0.1) is 0 Å². The van der Waals surface area contributed by atoms with E-state index >= 15 is 0 Å². The van der Waals surface area contributed by atoms with E-state index in [4.69, 9.17) is 9.15 Å². The summed E-state index contributed by atoms with van der Waals surface area (Å²) in [5.41, 5.74) is 15.6. The van der Waals surface area contributed by atoms with Crippen molar-refractivity contribution in [3.8, 4) is 56.0 Å². The first-order valence-electron chi connectivity index (χ1n) is 20.3. The van der Waals surface area contributed by atoms with E-state index in [1.54, 1.807) is 0 Å². The second-order valence-electron chi connectivity index (χ2n) is 15.9. The SMILES string of the molecule is c1ccc(C2(c3ccccc3)c3cc(-c4ccc5c(c4)-c4cccc6cccc(c46)O5)cc(-c4ccc5c(c4)oc4ccccc45)c3-c3ccc4ccccc4c32)cc1. The van der Waals surface area contributed by atoms with Crippen molar-refractivity contribution in [3.63, 3.8) is 0 Å². The third-order valence-electron chi connectivity index (χ3n) is 12.9. The Hall–Kier alpha value is -7.68. The lowest BCUT2D eigenvalue weighted by atomic mass is 9.66. The molecule has 0 saturated heterocycles. The molecule has 0 atom stereocenters. The van der Waals surface area contributed by atoms with E-state index in [-0.39, 0.29) is 0 Å². The van der Waals surface area contributed by atoms with Crippen molar-refractivity contribution in [1.82, 2.24) is 0 Å². The maximum absolute atomic E-state index is 6.59. The van der Waals surface area contributed by atoms with Crippen molar-refractivity contribution < 1.29 is 9.15 Å². The van der Waals surface area contributed by atoms with Crippen LogP contribution in [0.2, 0.25) is 0 Å². The van der Waals surface area contributed by atoms with Crippen LogP contribution in [0.4, 0.5) is 0 Å². The van der Waals surface area contributed by atoms with Gasteiger partial charge < -0.3 is 9.15 Å². The summed E-state index contributed by atoms with van der Waals surface area (Å²) in [5.74, 6) is 1.78. The molecule has 274 valence electrons. The number of ether oxygens (including phenoxy) is 1. The van der Waals surface area contributed by atoms with Crippen molar-refractivity contribution in [2.75, 3.05) is 0 Å². The highest BCUT2D eigenvalue weighted by Crippen LogP contribution is 2.61. The zero-order chi connectivity index (χ0) is 38.7. The molecule has 0 N–H and O–H groups in total. The summed E-state index contributed by atoms with van der Waals surface area (Å²) < 4.78 is 13.2. The van der Waals surface area contributed by atoms with Gasteiger partial charge in [0.25, 0.3) is 0 Å². The summed E-state index contributed by atoms with van der Waals surface area (Å²) in [4.78, 5) is 0. The Kier molecular flexibility index (Phi) is 6.68. The zero-order valence-electron chi connectivity index (χ0n) is 31.9. The molecule has 2 aliphatic rings. The minimum atomic E-state index is -0.621. The molecule has 0 unspecified atom stereocenters. The summed E-state index contributed by atoms with van der Waals surface area (Å²) in [7, 11) is 0. The molecule has 2 nitrogen and oxygen atoms in total. The van der Waals surface area contributed by atoms with Gasteiger partial charge in [0.1, 0.15) is 22.7 Å². The quantitative estimate of drug-likeness (QED) is 0.179. The van der Waals surface area contributed by atoms with E-state index in [2.05, 4.69) is 200 Å². The van der Waals surface area contributed by atoms with Crippen LogP contribution in [0.1, 0.15) is 22.3 Å². The van der Waals surface area contributed by atoms with Crippen molar-refractivity contribution in [1.29, 1.82) is 0 Å². The lowest BCUT2D eigenvalue weighted by Crippen LogP contribution is -2.29. The van der Waals surface area contributed by atoms with Crippen LogP contribution < -0.4 is 4.74 Å². The molecule has 10 aromatic carbocycles. The van der Waals surface area contributed by atoms with Crippen LogP contribution in [0.15, 0.2) is 211 Å². The highest BCUT2D eigenvalue weighted by molar-refractivity contribution is 6.09. The summed E-state index contributed by atoms with van der Waals surface area (Å²) in [5, 5.41) is 7.07. The molecule has 0 fully saturated rings. The Labute approximate surface area is 341 Å². The standard InChI is InChI=1S/C57H34O2/c1-3-16-40(17-4-1)57(41-18-5-2-6-19-41)49-33-39(37-27-30-51-48(31-37)45-22-11-14-36-15-12-24-52(58-51)54(36)45)32-47(55(49)46-29-25-35-13-7-8-20-42(35)56(46)57)38-26-28-44-43-21-9-10-23-50(43)59-53(44)34-38/h1-34H. The Balaban J connectivity index is 1.16. The molecule has 1 aliphatic carbocycles. The maximum Gasteiger partial charge on any atom is 0.136 e. The number of furan rings is 1. The topological polar surface area (TPSA) is 22.4 Å². The summed E-state index contributed by atoms with van der Waals surface area (Å²) in [6.07, 6.45) is 0. The lowest BCUT2D eigenvalue weighted by molar-refractivity contribution is 0.487. The van der Waals surface area contributed by atoms with E-state index in [0.717, 1.165) is 61.1 Å². The summed E-state index contributed by atoms with van der Waals surface area (Å²) in [6.45, 7) is 0. The van der Waals surface area contributed by atoms with Crippen LogP contribution in [-0.2, 0) is 5.41 Å². The van der Waals surface area contributed by atoms with E-state index < -0.39 is 5.41 Å². The van der Waals surface area contributed by atoms with Crippen LogP contribution in [0.5, 0.6) is 11.5 Å². The molecule has 0 saturated carbocycles. The van der Waals surface area contributed by atoms with Gasteiger partial charge in [0, 0.05) is 21.7 Å². The second-order valence-corrected chi connectivity index (χ2v) is 15.9. The van der Waals surface area contributed by atoms with Crippen LogP contribution in [-0.4, -0.2) is 0 Å². The largest absolute Gasteiger partial charge is 0.456 e. The second kappa shape index (κ2) is 12.2. The predicted molar refractivity (Wildman–Crippen MR) is 242 cm³/mol. The normalized spacial score (nSPS) is 13.4. The molecule has 2 heterocycles. The maximum atomic E-state index is 6.59. The van der Waals surface area contributed by atoms with Gasteiger partial charge in [0.15, 0.2) is 0 Å². The van der Waals surface area contributed by atoms with Gasteiger partial charge in [-0.3, -0.25) is 0 Å². The van der Waals surface area contributed by atoms with Crippen LogP contribution >= 0.6 is 0 Å². The number of fused-ring (bicyclic) bond motifs is 10.